The highest BCUT2D eigenvalue weighted by atomic mass is 16.5. The average molecular weight is 423 g/mol. The fourth-order valence-corrected chi connectivity index (χ4v) is 4.21. The number of hydrogen-bond donors (Lipinski definition) is 1. The maximum absolute atomic E-state index is 13.0. The molecule has 164 valence electrons. The molecule has 0 atom stereocenters. The van der Waals surface area contributed by atoms with Crippen molar-refractivity contribution >= 4 is 17.8 Å². The summed E-state index contributed by atoms with van der Waals surface area (Å²) in [6.07, 6.45) is 8.02. The molecule has 2 aromatic rings. The number of anilines is 1. The van der Waals surface area contributed by atoms with E-state index in [0.29, 0.717) is 43.5 Å². The number of nitrogens with zero attached hydrogens (tertiary/aromatic N) is 3. The zero-order valence-corrected chi connectivity index (χ0v) is 17.8. The summed E-state index contributed by atoms with van der Waals surface area (Å²) in [6.45, 7) is 2.70. The second kappa shape index (κ2) is 10.3. The lowest BCUT2D eigenvalue weighted by Crippen LogP contribution is -2.51. The van der Waals surface area contributed by atoms with Crippen molar-refractivity contribution in [3.05, 3.63) is 54.2 Å². The number of amides is 3. The topological polar surface area (TPSA) is 74.8 Å². The van der Waals surface area contributed by atoms with Crippen LogP contribution in [0.5, 0.6) is 5.75 Å². The summed E-state index contributed by atoms with van der Waals surface area (Å²) in [5.74, 6) is 1.88. The molecule has 0 radical (unpaired) electrons. The van der Waals surface area contributed by atoms with Crippen LogP contribution in [0.4, 0.5) is 10.6 Å². The average Bonchev–Trinajstić information content (AvgIpc) is 2.84. The number of nitrogens with one attached hydrogen (secondary N) is 1. The van der Waals surface area contributed by atoms with Gasteiger partial charge in [0.25, 0.3) is 5.91 Å². The first kappa shape index (κ1) is 21.2. The molecule has 1 saturated carbocycles. The second-order valence-corrected chi connectivity index (χ2v) is 8.27. The lowest BCUT2D eigenvalue weighted by molar-refractivity contribution is 0.0671. The van der Waals surface area contributed by atoms with Crippen LogP contribution in [0.3, 0.4) is 0 Å². The van der Waals surface area contributed by atoms with Crippen LogP contribution in [0.25, 0.3) is 0 Å². The molecule has 1 aliphatic heterocycles. The monoisotopic (exact) mass is 422 g/mol. The molecule has 1 saturated heterocycles. The predicted molar refractivity (Wildman–Crippen MR) is 119 cm³/mol. The third kappa shape index (κ3) is 5.75. The smallest absolute Gasteiger partial charge is 0.323 e. The highest BCUT2D eigenvalue weighted by Crippen LogP contribution is 2.25. The van der Waals surface area contributed by atoms with Crippen molar-refractivity contribution < 1.29 is 14.3 Å². The third-order valence-corrected chi connectivity index (χ3v) is 6.05. The molecule has 2 fully saturated rings. The largest absolute Gasteiger partial charge is 0.493 e. The van der Waals surface area contributed by atoms with Gasteiger partial charge in [-0.25, -0.2) is 9.78 Å². The minimum absolute atomic E-state index is 0.0205. The van der Waals surface area contributed by atoms with Crippen molar-refractivity contribution in [2.45, 2.75) is 32.1 Å². The Kier molecular flexibility index (Phi) is 7.02. The summed E-state index contributed by atoms with van der Waals surface area (Å²) in [4.78, 5) is 33.0. The van der Waals surface area contributed by atoms with Gasteiger partial charge in [0, 0.05) is 37.9 Å². The maximum Gasteiger partial charge on any atom is 0.323 e. The van der Waals surface area contributed by atoms with Crippen molar-refractivity contribution in [1.29, 1.82) is 0 Å². The molecule has 1 aromatic carbocycles. The molecule has 7 nitrogen and oxygen atoms in total. The molecule has 1 aliphatic carbocycles. The number of hydrogen-bond acceptors (Lipinski definition) is 4. The normalized spacial score (nSPS) is 17.3. The quantitative estimate of drug-likeness (QED) is 0.789. The van der Waals surface area contributed by atoms with Crippen LogP contribution in [0, 0.1) is 5.92 Å². The minimum Gasteiger partial charge on any atom is -0.493 e. The van der Waals surface area contributed by atoms with Crippen molar-refractivity contribution in [3.63, 3.8) is 0 Å². The number of pyridine rings is 1. The van der Waals surface area contributed by atoms with E-state index in [2.05, 4.69) is 10.3 Å². The molecule has 0 bridgehead atoms. The van der Waals surface area contributed by atoms with Gasteiger partial charge in [-0.2, -0.15) is 0 Å². The van der Waals surface area contributed by atoms with Crippen LogP contribution in [0.2, 0.25) is 0 Å². The van der Waals surface area contributed by atoms with E-state index in [-0.39, 0.29) is 11.9 Å². The van der Waals surface area contributed by atoms with Gasteiger partial charge in [0.15, 0.2) is 0 Å². The number of aromatic nitrogens is 1. The van der Waals surface area contributed by atoms with Crippen LogP contribution in [-0.4, -0.2) is 59.5 Å². The first-order chi connectivity index (χ1) is 15.2. The summed E-state index contributed by atoms with van der Waals surface area (Å²) in [5.41, 5.74) is 0.632. The molecule has 7 heteroatoms. The van der Waals surface area contributed by atoms with Crippen molar-refractivity contribution in [2.24, 2.45) is 5.92 Å². The van der Waals surface area contributed by atoms with E-state index < -0.39 is 0 Å². The van der Waals surface area contributed by atoms with Crippen LogP contribution in [0.15, 0.2) is 48.7 Å². The molecule has 0 unspecified atom stereocenters. The Hall–Kier alpha value is -3.09. The van der Waals surface area contributed by atoms with Gasteiger partial charge in [-0.05, 0) is 49.1 Å². The van der Waals surface area contributed by atoms with Gasteiger partial charge in [-0.1, -0.05) is 31.4 Å². The lowest BCUT2D eigenvalue weighted by atomic mass is 9.90. The first-order valence-electron chi connectivity index (χ1n) is 11.2. The summed E-state index contributed by atoms with van der Waals surface area (Å²) >= 11 is 0. The standard InChI is InChI=1S/C24H30N4O3/c29-23(20-9-6-10-21(17-20)31-18-19-7-2-1-3-8-19)27-13-15-28(16-14-27)24(30)26-22-11-4-5-12-25-22/h4-6,9-12,17,19H,1-3,7-8,13-16,18H2,(H,25,26,30). The predicted octanol–water partition coefficient (Wildman–Crippen LogP) is 4.03. The Morgan fingerprint density at radius 1 is 0.968 bits per heavy atom. The molecule has 2 heterocycles. The van der Waals surface area contributed by atoms with Gasteiger partial charge in [0.05, 0.1) is 6.61 Å². The summed E-state index contributed by atoms with van der Waals surface area (Å²) in [7, 11) is 0. The molecular formula is C24H30N4O3. The lowest BCUT2D eigenvalue weighted by Gasteiger charge is -2.34. The molecule has 3 amide bonds. The van der Waals surface area contributed by atoms with Crippen LogP contribution in [0.1, 0.15) is 42.5 Å². The van der Waals surface area contributed by atoms with Crippen molar-refractivity contribution in [1.82, 2.24) is 14.8 Å². The van der Waals surface area contributed by atoms with Crippen LogP contribution < -0.4 is 10.1 Å². The van der Waals surface area contributed by atoms with Crippen molar-refractivity contribution in [2.75, 3.05) is 38.1 Å². The Morgan fingerprint density at radius 2 is 1.74 bits per heavy atom. The van der Waals surface area contributed by atoms with E-state index in [9.17, 15) is 9.59 Å². The van der Waals surface area contributed by atoms with Gasteiger partial charge in [0.1, 0.15) is 11.6 Å². The molecule has 1 N–H and O–H groups in total. The second-order valence-electron chi connectivity index (χ2n) is 8.27. The SMILES string of the molecule is O=C(Nc1ccccn1)N1CCN(C(=O)c2cccc(OCC3CCCCC3)c2)CC1. The fraction of sp³-hybridized carbons (Fsp3) is 0.458. The highest BCUT2D eigenvalue weighted by molar-refractivity contribution is 5.95. The van der Waals surface area contributed by atoms with Gasteiger partial charge in [-0.3, -0.25) is 10.1 Å². The molecular weight excluding hydrogens is 392 g/mol. The number of carbonyl (C=O) groups is 2. The number of ether oxygens (including phenoxy) is 1. The minimum atomic E-state index is -0.191. The van der Waals surface area contributed by atoms with E-state index in [0.717, 1.165) is 12.4 Å². The van der Waals surface area contributed by atoms with Gasteiger partial charge >= 0.3 is 6.03 Å². The Morgan fingerprint density at radius 3 is 2.48 bits per heavy atom. The van der Waals surface area contributed by atoms with Gasteiger partial charge in [0.2, 0.25) is 0 Å². The molecule has 2 aliphatic rings. The number of urea groups is 1. The summed E-state index contributed by atoms with van der Waals surface area (Å²) in [5, 5.41) is 2.79. The highest BCUT2D eigenvalue weighted by Gasteiger charge is 2.25. The van der Waals surface area contributed by atoms with Gasteiger partial charge < -0.3 is 14.5 Å². The Bertz CT molecular complexity index is 875. The van der Waals surface area contributed by atoms with Crippen LogP contribution >= 0.6 is 0 Å². The molecule has 1 aromatic heterocycles. The third-order valence-electron chi connectivity index (χ3n) is 6.05. The van der Waals surface area contributed by atoms with E-state index >= 15 is 0 Å². The summed E-state index contributed by atoms with van der Waals surface area (Å²) in [6, 6.07) is 12.6. The van der Waals surface area contributed by atoms with E-state index in [1.807, 2.05) is 30.3 Å². The number of rotatable bonds is 5. The Labute approximate surface area is 183 Å². The van der Waals surface area contributed by atoms with E-state index in [1.54, 1.807) is 28.1 Å². The number of benzene rings is 1. The fourth-order valence-electron chi connectivity index (χ4n) is 4.21. The maximum atomic E-state index is 13.0. The number of piperazine rings is 1. The zero-order chi connectivity index (χ0) is 21.5. The van der Waals surface area contributed by atoms with Crippen molar-refractivity contribution in [3.8, 4) is 5.75 Å². The molecule has 0 spiro atoms. The molecule has 31 heavy (non-hydrogen) atoms. The van der Waals surface area contributed by atoms with Crippen LogP contribution in [-0.2, 0) is 0 Å². The number of carbonyl (C=O) groups excluding carboxylic acids is 2. The Balaban J connectivity index is 1.27. The van der Waals surface area contributed by atoms with Gasteiger partial charge in [-0.15, -0.1) is 0 Å². The first-order valence-corrected chi connectivity index (χ1v) is 11.2. The van der Waals surface area contributed by atoms with E-state index in [4.69, 9.17) is 4.74 Å². The summed E-state index contributed by atoms with van der Waals surface area (Å²) < 4.78 is 5.99. The van der Waals surface area contributed by atoms with E-state index in [1.165, 1.54) is 32.1 Å². The molecule has 4 rings (SSSR count). The zero-order valence-electron chi connectivity index (χ0n) is 17.8.